The van der Waals surface area contributed by atoms with Crippen LogP contribution in [0.1, 0.15) is 85.0 Å². The summed E-state index contributed by atoms with van der Waals surface area (Å²) in [4.78, 5) is 23.9. The summed E-state index contributed by atoms with van der Waals surface area (Å²) in [6.07, 6.45) is 10.6. The Morgan fingerprint density at radius 1 is 1.04 bits per heavy atom. The minimum atomic E-state index is -0.0320. The molecule has 0 aromatic rings. The molecule has 140 valence electrons. The van der Waals surface area contributed by atoms with E-state index >= 15 is 0 Å². The van der Waals surface area contributed by atoms with Crippen molar-refractivity contribution in [2.45, 2.75) is 91.1 Å². The fourth-order valence-corrected chi connectivity index (χ4v) is 7.43. The molecule has 0 bridgehead atoms. The monoisotopic (exact) mass is 346 g/mol. The number of ketones is 1. The molecule has 4 saturated carbocycles. The number of ether oxygens (including phenoxy) is 1. The first-order valence-corrected chi connectivity index (χ1v) is 10.6. The molecule has 3 nitrogen and oxygen atoms in total. The van der Waals surface area contributed by atoms with Crippen molar-refractivity contribution in [2.24, 2.45) is 34.5 Å². The maximum atomic E-state index is 12.0. The van der Waals surface area contributed by atoms with Crippen molar-refractivity contribution in [3.8, 4) is 0 Å². The number of esters is 1. The van der Waals surface area contributed by atoms with Crippen molar-refractivity contribution < 1.29 is 14.3 Å². The summed E-state index contributed by atoms with van der Waals surface area (Å²) in [5.41, 5.74) is 0.552. The van der Waals surface area contributed by atoms with Gasteiger partial charge in [0.1, 0.15) is 11.9 Å². The molecule has 0 unspecified atom stereocenters. The minimum Gasteiger partial charge on any atom is -0.462 e. The topological polar surface area (TPSA) is 43.4 Å². The van der Waals surface area contributed by atoms with Crippen molar-refractivity contribution in [3.05, 3.63) is 0 Å². The molecule has 0 saturated heterocycles. The van der Waals surface area contributed by atoms with E-state index in [9.17, 15) is 9.59 Å². The zero-order valence-electron chi connectivity index (χ0n) is 16.2. The van der Waals surface area contributed by atoms with Gasteiger partial charge in [-0.3, -0.25) is 9.59 Å². The highest BCUT2D eigenvalue weighted by atomic mass is 16.5. The van der Waals surface area contributed by atoms with Crippen LogP contribution in [-0.2, 0) is 14.3 Å². The molecule has 0 amide bonds. The number of hydrogen-bond donors (Lipinski definition) is 0. The van der Waals surface area contributed by atoms with Gasteiger partial charge in [-0.15, -0.1) is 0 Å². The number of carbonyl (C=O) groups is 2. The van der Waals surface area contributed by atoms with Crippen molar-refractivity contribution in [2.75, 3.05) is 0 Å². The third-order valence-corrected chi connectivity index (χ3v) is 8.96. The lowest BCUT2D eigenvalue weighted by molar-refractivity contribution is -0.163. The van der Waals surface area contributed by atoms with Crippen LogP contribution < -0.4 is 0 Å². The first-order valence-electron chi connectivity index (χ1n) is 10.6. The molecule has 0 heterocycles. The number of carbonyl (C=O) groups excluding carboxylic acids is 2. The second-order valence-corrected chi connectivity index (χ2v) is 9.85. The Morgan fingerprint density at radius 2 is 1.80 bits per heavy atom. The smallest absolute Gasteiger partial charge is 0.305 e. The van der Waals surface area contributed by atoms with Gasteiger partial charge in [0.25, 0.3) is 0 Å². The Bertz CT molecular complexity index is 570. The average molecular weight is 347 g/mol. The molecule has 3 heteroatoms. The fraction of sp³-hybridized carbons (Fsp3) is 0.909. The maximum absolute atomic E-state index is 12.0. The second-order valence-electron chi connectivity index (χ2n) is 9.85. The molecule has 4 aliphatic rings. The first-order chi connectivity index (χ1) is 11.9. The van der Waals surface area contributed by atoms with Crippen LogP contribution in [0.3, 0.4) is 0 Å². The van der Waals surface area contributed by atoms with Crippen molar-refractivity contribution >= 4 is 11.8 Å². The molecule has 0 aliphatic heterocycles. The molecule has 25 heavy (non-hydrogen) atoms. The van der Waals surface area contributed by atoms with Crippen LogP contribution in [0.4, 0.5) is 0 Å². The van der Waals surface area contributed by atoms with Gasteiger partial charge in [0, 0.05) is 24.7 Å². The van der Waals surface area contributed by atoms with Gasteiger partial charge in [-0.05, 0) is 74.0 Å². The van der Waals surface area contributed by atoms with Gasteiger partial charge in [0.2, 0.25) is 0 Å². The van der Waals surface area contributed by atoms with Gasteiger partial charge in [0.05, 0.1) is 0 Å². The fourth-order valence-electron chi connectivity index (χ4n) is 7.43. The van der Waals surface area contributed by atoms with Gasteiger partial charge < -0.3 is 4.74 Å². The van der Waals surface area contributed by atoms with Crippen LogP contribution in [0, 0.1) is 34.5 Å². The van der Waals surface area contributed by atoms with E-state index in [0.717, 1.165) is 37.5 Å². The van der Waals surface area contributed by atoms with Gasteiger partial charge in [0.15, 0.2) is 0 Å². The largest absolute Gasteiger partial charge is 0.462 e. The Balaban J connectivity index is 1.56. The predicted molar refractivity (Wildman–Crippen MR) is 96.9 cm³/mol. The van der Waals surface area contributed by atoms with Crippen LogP contribution in [0.25, 0.3) is 0 Å². The van der Waals surface area contributed by atoms with Crippen molar-refractivity contribution in [1.29, 1.82) is 0 Å². The summed E-state index contributed by atoms with van der Waals surface area (Å²) < 4.78 is 5.87. The van der Waals surface area contributed by atoms with E-state index in [4.69, 9.17) is 4.74 Å². The molecular formula is C22H34O3. The summed E-state index contributed by atoms with van der Waals surface area (Å²) in [6, 6.07) is 0. The molecule has 4 rings (SSSR count). The van der Waals surface area contributed by atoms with Crippen molar-refractivity contribution in [1.82, 2.24) is 0 Å². The van der Waals surface area contributed by atoms with Crippen molar-refractivity contribution in [3.63, 3.8) is 0 Å². The third-order valence-electron chi connectivity index (χ3n) is 8.96. The summed E-state index contributed by atoms with van der Waals surface area (Å²) in [5.74, 6) is 3.34. The molecule has 7 atom stereocenters. The number of fused-ring (bicyclic) bond motifs is 5. The van der Waals surface area contributed by atoms with Crippen LogP contribution >= 0.6 is 0 Å². The van der Waals surface area contributed by atoms with E-state index in [1.54, 1.807) is 0 Å². The normalized spacial score (nSPS) is 49.1. The molecule has 0 radical (unpaired) electrons. The quantitative estimate of drug-likeness (QED) is 0.667. The summed E-state index contributed by atoms with van der Waals surface area (Å²) in [7, 11) is 0. The van der Waals surface area contributed by atoms with Crippen LogP contribution in [0.15, 0.2) is 0 Å². The van der Waals surface area contributed by atoms with E-state index in [-0.39, 0.29) is 17.5 Å². The minimum absolute atomic E-state index is 0.0320. The van der Waals surface area contributed by atoms with Gasteiger partial charge in [-0.25, -0.2) is 0 Å². The third kappa shape index (κ3) is 2.59. The van der Waals surface area contributed by atoms with E-state index in [1.165, 1.54) is 32.1 Å². The maximum Gasteiger partial charge on any atom is 0.305 e. The van der Waals surface area contributed by atoms with E-state index in [1.807, 2.05) is 6.92 Å². The first kappa shape index (κ1) is 17.5. The molecule has 0 aromatic heterocycles. The lowest BCUT2D eigenvalue weighted by Gasteiger charge is -2.60. The highest BCUT2D eigenvalue weighted by Crippen LogP contribution is 2.66. The van der Waals surface area contributed by atoms with Crippen LogP contribution in [-0.4, -0.2) is 17.9 Å². The molecule has 0 aromatic carbocycles. The SMILES string of the molecule is CCC(=O)O[C@H]1CC[C@H]2[C@H]3CC[C@H]4CC(=O)CC[C@]4(C)[C@@H]3CC[C@]12C. The van der Waals surface area contributed by atoms with E-state index < -0.39 is 0 Å². The van der Waals surface area contributed by atoms with Crippen LogP contribution in [0.2, 0.25) is 0 Å². The molecular weight excluding hydrogens is 312 g/mol. The Kier molecular flexibility index (Phi) is 4.28. The molecule has 0 N–H and O–H groups in total. The average Bonchev–Trinajstić information content (AvgIpc) is 2.92. The summed E-state index contributed by atoms with van der Waals surface area (Å²) >= 11 is 0. The van der Waals surface area contributed by atoms with Gasteiger partial charge in [-0.2, -0.15) is 0 Å². The second kappa shape index (κ2) is 6.09. The zero-order chi connectivity index (χ0) is 17.8. The van der Waals surface area contributed by atoms with Crippen LogP contribution in [0.5, 0.6) is 0 Å². The molecule has 0 spiro atoms. The van der Waals surface area contributed by atoms with Gasteiger partial charge in [-0.1, -0.05) is 20.8 Å². The standard InChI is InChI=1S/C22H34O3/c1-4-20(24)25-19-8-7-17-16-6-5-14-13-15(23)9-11-21(14,2)18(16)10-12-22(17,19)3/h14,16-19H,4-13H2,1-3H3/t14-,16+,17-,18+,19-,21-,22-/m0/s1. The number of hydrogen-bond acceptors (Lipinski definition) is 3. The Hall–Kier alpha value is -0.860. The van der Waals surface area contributed by atoms with Gasteiger partial charge >= 0.3 is 5.97 Å². The lowest BCUT2D eigenvalue weighted by Crippen LogP contribution is -2.54. The number of rotatable bonds is 2. The lowest BCUT2D eigenvalue weighted by atomic mass is 9.45. The summed E-state index contributed by atoms with van der Waals surface area (Å²) in [6.45, 7) is 6.78. The molecule has 4 fully saturated rings. The Morgan fingerprint density at radius 3 is 2.56 bits per heavy atom. The Labute approximate surface area is 152 Å². The van der Waals surface area contributed by atoms with E-state index in [0.29, 0.717) is 29.5 Å². The predicted octanol–water partition coefficient (Wildman–Crippen LogP) is 4.92. The highest BCUT2D eigenvalue weighted by Gasteiger charge is 2.61. The molecule has 4 aliphatic carbocycles. The highest BCUT2D eigenvalue weighted by molar-refractivity contribution is 5.79. The van der Waals surface area contributed by atoms with E-state index in [2.05, 4.69) is 13.8 Å². The zero-order valence-corrected chi connectivity index (χ0v) is 16.2. The number of Topliss-reactive ketones (excluding diaryl/α,β-unsaturated/α-hetero) is 1. The summed E-state index contributed by atoms with van der Waals surface area (Å²) in [5, 5.41) is 0.